The molecule has 0 spiro atoms. The molecule has 1 aromatic carbocycles. The molecule has 0 aliphatic rings. The molecule has 1 rings (SSSR count). The molecule has 0 aromatic heterocycles. The highest BCUT2D eigenvalue weighted by atomic mass is 35.5. The van der Waals surface area contributed by atoms with E-state index in [4.69, 9.17) is 11.6 Å². The molecule has 0 aliphatic carbocycles. The average Bonchev–Trinajstić information content (AvgIpc) is 2.36. The van der Waals surface area contributed by atoms with Gasteiger partial charge in [-0.3, -0.25) is 14.9 Å². The van der Waals surface area contributed by atoms with Crippen molar-refractivity contribution in [2.24, 2.45) is 5.92 Å². The Hall–Kier alpha value is -1.62. The van der Waals surface area contributed by atoms with Crippen molar-refractivity contribution in [3.63, 3.8) is 0 Å². The van der Waals surface area contributed by atoms with Gasteiger partial charge in [-0.05, 0) is 25.3 Å². The van der Waals surface area contributed by atoms with Crippen LogP contribution in [0.1, 0.15) is 36.2 Å². The Balaban J connectivity index is 2.98. The Kier molecular flexibility index (Phi) is 5.95. The summed E-state index contributed by atoms with van der Waals surface area (Å²) >= 11 is 5.83. The normalized spacial score (nSPS) is 12.2. The molecular formula is C14H19ClN2O3. The highest BCUT2D eigenvalue weighted by Crippen LogP contribution is 2.23. The van der Waals surface area contributed by atoms with E-state index < -0.39 is 10.8 Å². The number of halogens is 1. The van der Waals surface area contributed by atoms with Crippen LogP contribution in [0, 0.1) is 23.0 Å². The predicted molar refractivity (Wildman–Crippen MR) is 79.3 cm³/mol. The fourth-order valence-corrected chi connectivity index (χ4v) is 2.28. The van der Waals surface area contributed by atoms with Crippen molar-refractivity contribution < 1.29 is 9.72 Å². The Labute approximate surface area is 123 Å². The van der Waals surface area contributed by atoms with Gasteiger partial charge in [0.15, 0.2) is 0 Å². The zero-order valence-corrected chi connectivity index (χ0v) is 12.6. The summed E-state index contributed by atoms with van der Waals surface area (Å²) in [5, 5.41) is 13.8. The summed E-state index contributed by atoms with van der Waals surface area (Å²) in [7, 11) is 0. The third-order valence-corrected chi connectivity index (χ3v) is 3.31. The van der Waals surface area contributed by atoms with Gasteiger partial charge in [0, 0.05) is 17.5 Å². The summed E-state index contributed by atoms with van der Waals surface area (Å²) in [6.45, 7) is 5.67. The van der Waals surface area contributed by atoms with Gasteiger partial charge < -0.3 is 5.32 Å². The lowest BCUT2D eigenvalue weighted by Crippen LogP contribution is -2.37. The second-order valence-electron chi connectivity index (χ2n) is 5.18. The van der Waals surface area contributed by atoms with Crippen molar-refractivity contribution in [3.8, 4) is 0 Å². The standard InChI is InChI=1S/C14H19ClN2O3/c1-9(2)7-11(8-15)16-14(18)12-6-4-5-10(3)13(12)17(19)20/h4-6,9,11H,7-8H2,1-3H3,(H,16,18). The van der Waals surface area contributed by atoms with Crippen LogP contribution in [0.15, 0.2) is 18.2 Å². The maximum absolute atomic E-state index is 12.2. The molecule has 6 heteroatoms. The van der Waals surface area contributed by atoms with Gasteiger partial charge in [0.25, 0.3) is 11.6 Å². The van der Waals surface area contributed by atoms with E-state index in [0.717, 1.165) is 6.42 Å². The van der Waals surface area contributed by atoms with E-state index in [9.17, 15) is 14.9 Å². The van der Waals surface area contributed by atoms with E-state index in [0.29, 0.717) is 11.5 Å². The monoisotopic (exact) mass is 298 g/mol. The fraction of sp³-hybridized carbons (Fsp3) is 0.500. The molecule has 20 heavy (non-hydrogen) atoms. The largest absolute Gasteiger partial charge is 0.348 e. The third-order valence-electron chi connectivity index (χ3n) is 2.94. The van der Waals surface area contributed by atoms with Gasteiger partial charge in [0.05, 0.1) is 4.92 Å². The smallest absolute Gasteiger partial charge is 0.285 e. The second kappa shape index (κ2) is 7.24. The molecule has 110 valence electrons. The maximum Gasteiger partial charge on any atom is 0.285 e. The summed E-state index contributed by atoms with van der Waals surface area (Å²) in [4.78, 5) is 22.8. The number of carbonyl (C=O) groups is 1. The molecule has 0 aliphatic heterocycles. The van der Waals surface area contributed by atoms with Crippen LogP contribution < -0.4 is 5.32 Å². The van der Waals surface area contributed by atoms with Crippen LogP contribution in [0.4, 0.5) is 5.69 Å². The molecule has 5 nitrogen and oxygen atoms in total. The zero-order chi connectivity index (χ0) is 15.3. The average molecular weight is 299 g/mol. The van der Waals surface area contributed by atoms with Crippen molar-refractivity contribution in [3.05, 3.63) is 39.4 Å². The first-order chi connectivity index (χ1) is 9.36. The van der Waals surface area contributed by atoms with Gasteiger partial charge in [-0.2, -0.15) is 0 Å². The highest BCUT2D eigenvalue weighted by Gasteiger charge is 2.24. The van der Waals surface area contributed by atoms with Crippen molar-refractivity contribution in [2.45, 2.75) is 33.2 Å². The van der Waals surface area contributed by atoms with E-state index in [-0.39, 0.29) is 23.2 Å². The molecule has 0 saturated heterocycles. The number of hydrogen-bond donors (Lipinski definition) is 1. The number of hydrogen-bond acceptors (Lipinski definition) is 3. The second-order valence-corrected chi connectivity index (χ2v) is 5.49. The topological polar surface area (TPSA) is 72.2 Å². The quantitative estimate of drug-likeness (QED) is 0.497. The van der Waals surface area contributed by atoms with E-state index in [1.165, 1.54) is 6.07 Å². The first-order valence-corrected chi connectivity index (χ1v) is 7.01. The minimum Gasteiger partial charge on any atom is -0.348 e. The number of nitro groups is 1. The molecule has 0 radical (unpaired) electrons. The maximum atomic E-state index is 12.2. The van der Waals surface area contributed by atoms with Crippen LogP contribution in [0.25, 0.3) is 0 Å². The Morgan fingerprint density at radius 3 is 2.60 bits per heavy atom. The SMILES string of the molecule is Cc1cccc(C(=O)NC(CCl)CC(C)C)c1[N+](=O)[O-]. The molecule has 1 atom stereocenters. The molecule has 0 heterocycles. The van der Waals surface area contributed by atoms with Crippen LogP contribution in [0.2, 0.25) is 0 Å². The number of nitrogens with one attached hydrogen (secondary N) is 1. The van der Waals surface area contributed by atoms with Gasteiger partial charge >= 0.3 is 0 Å². The highest BCUT2D eigenvalue weighted by molar-refractivity contribution is 6.18. The number of nitro benzene ring substituents is 1. The third kappa shape index (κ3) is 4.20. The van der Waals surface area contributed by atoms with E-state index in [1.807, 2.05) is 13.8 Å². The number of nitrogens with zero attached hydrogens (tertiary/aromatic N) is 1. The lowest BCUT2D eigenvalue weighted by Gasteiger charge is -2.18. The first-order valence-electron chi connectivity index (χ1n) is 6.47. The Morgan fingerprint density at radius 2 is 2.10 bits per heavy atom. The van der Waals surface area contributed by atoms with Gasteiger partial charge in [-0.15, -0.1) is 11.6 Å². The van der Waals surface area contributed by atoms with Crippen LogP contribution in [-0.2, 0) is 0 Å². The number of amides is 1. The van der Waals surface area contributed by atoms with Crippen molar-refractivity contribution >= 4 is 23.2 Å². The molecular weight excluding hydrogens is 280 g/mol. The van der Waals surface area contributed by atoms with E-state index in [1.54, 1.807) is 19.1 Å². The van der Waals surface area contributed by atoms with Crippen molar-refractivity contribution in [2.75, 3.05) is 5.88 Å². The zero-order valence-electron chi connectivity index (χ0n) is 11.9. The Bertz CT molecular complexity index is 503. The number of carbonyl (C=O) groups excluding carboxylic acids is 1. The number of alkyl halides is 1. The van der Waals surface area contributed by atoms with Gasteiger partial charge in [-0.25, -0.2) is 0 Å². The molecule has 1 unspecified atom stereocenters. The lowest BCUT2D eigenvalue weighted by molar-refractivity contribution is -0.385. The summed E-state index contributed by atoms with van der Waals surface area (Å²) < 4.78 is 0. The minimum absolute atomic E-state index is 0.0777. The number of aryl methyl sites for hydroxylation is 1. The molecule has 1 aromatic rings. The number of benzene rings is 1. The van der Waals surface area contributed by atoms with Crippen molar-refractivity contribution in [1.82, 2.24) is 5.32 Å². The summed E-state index contributed by atoms with van der Waals surface area (Å²) in [6.07, 6.45) is 0.731. The molecule has 0 fully saturated rings. The number of para-hydroxylation sites is 1. The molecule has 0 bridgehead atoms. The van der Waals surface area contributed by atoms with Crippen LogP contribution >= 0.6 is 11.6 Å². The van der Waals surface area contributed by atoms with Gasteiger partial charge in [-0.1, -0.05) is 26.0 Å². The van der Waals surface area contributed by atoms with E-state index in [2.05, 4.69) is 5.32 Å². The Morgan fingerprint density at radius 1 is 1.45 bits per heavy atom. The van der Waals surface area contributed by atoms with Crippen LogP contribution in [0.5, 0.6) is 0 Å². The van der Waals surface area contributed by atoms with Crippen LogP contribution in [0.3, 0.4) is 0 Å². The van der Waals surface area contributed by atoms with Gasteiger partial charge in [0.1, 0.15) is 5.56 Å². The number of rotatable bonds is 6. The van der Waals surface area contributed by atoms with Crippen LogP contribution in [-0.4, -0.2) is 22.8 Å². The molecule has 0 saturated carbocycles. The summed E-state index contributed by atoms with van der Waals surface area (Å²) in [5.74, 6) is 0.210. The van der Waals surface area contributed by atoms with Gasteiger partial charge in [0.2, 0.25) is 0 Å². The predicted octanol–water partition coefficient (Wildman–Crippen LogP) is 3.29. The fourth-order valence-electron chi connectivity index (χ4n) is 2.08. The van der Waals surface area contributed by atoms with E-state index >= 15 is 0 Å². The summed E-state index contributed by atoms with van der Waals surface area (Å²) in [5.41, 5.74) is 0.394. The van der Waals surface area contributed by atoms with Crippen molar-refractivity contribution in [1.29, 1.82) is 0 Å². The molecule has 1 N–H and O–H groups in total. The molecule has 1 amide bonds. The first kappa shape index (κ1) is 16.4. The minimum atomic E-state index is -0.525. The summed E-state index contributed by atoms with van der Waals surface area (Å²) in [6, 6.07) is 4.52. The lowest BCUT2D eigenvalue weighted by atomic mass is 10.0.